The summed E-state index contributed by atoms with van der Waals surface area (Å²) in [5, 5.41) is 10.2. The summed E-state index contributed by atoms with van der Waals surface area (Å²) in [7, 11) is 0. The third-order valence-electron chi connectivity index (χ3n) is 3.50. The zero-order valence-electron chi connectivity index (χ0n) is 11.8. The highest BCUT2D eigenvalue weighted by atomic mass is 16.4. The molecule has 0 spiro atoms. The molecule has 100 valence electrons. The largest absolute Gasteiger partial charge is 0.478 e. The van der Waals surface area contributed by atoms with Gasteiger partial charge in [0.2, 0.25) is 0 Å². The summed E-state index contributed by atoms with van der Waals surface area (Å²) in [5.74, 6) is -0.659. The fraction of sp³-hybridized carbons (Fsp3) is 0.375. The summed E-state index contributed by atoms with van der Waals surface area (Å²) >= 11 is 0. The van der Waals surface area contributed by atoms with E-state index in [9.17, 15) is 9.90 Å². The van der Waals surface area contributed by atoms with Crippen LogP contribution < -0.4 is 0 Å². The van der Waals surface area contributed by atoms with Crippen molar-refractivity contribution < 1.29 is 9.90 Å². The van der Waals surface area contributed by atoms with Gasteiger partial charge in [-0.1, -0.05) is 26.8 Å². The number of hydrogen-bond donors (Lipinski definition) is 1. The van der Waals surface area contributed by atoms with Crippen LogP contribution in [0.25, 0.3) is 10.9 Å². The van der Waals surface area contributed by atoms with Gasteiger partial charge in [0.1, 0.15) is 0 Å². The number of aromatic carboxylic acids is 1. The molecule has 1 aromatic heterocycles. The van der Waals surface area contributed by atoms with Gasteiger partial charge in [0.25, 0.3) is 0 Å². The van der Waals surface area contributed by atoms with Gasteiger partial charge < -0.3 is 5.11 Å². The monoisotopic (exact) mass is 257 g/mol. The van der Waals surface area contributed by atoms with Crippen molar-refractivity contribution in [3.8, 4) is 0 Å². The van der Waals surface area contributed by atoms with Crippen molar-refractivity contribution >= 4 is 16.9 Å². The first kappa shape index (κ1) is 13.5. The van der Waals surface area contributed by atoms with Gasteiger partial charge in [-0.15, -0.1) is 0 Å². The number of rotatable bonds is 3. The summed E-state index contributed by atoms with van der Waals surface area (Å²) in [6, 6.07) is 5.88. The highest BCUT2D eigenvalue weighted by Gasteiger charge is 2.18. The van der Waals surface area contributed by atoms with E-state index in [-0.39, 0.29) is 5.92 Å². The maximum atomic E-state index is 11.6. The minimum atomic E-state index is -0.875. The Morgan fingerprint density at radius 2 is 2.05 bits per heavy atom. The minimum Gasteiger partial charge on any atom is -0.478 e. The lowest BCUT2D eigenvalue weighted by Crippen LogP contribution is -2.08. The molecule has 0 bridgehead atoms. The molecule has 1 heterocycles. The van der Waals surface area contributed by atoms with Crippen LogP contribution in [0, 0.1) is 6.92 Å². The Labute approximate surface area is 113 Å². The SMILES string of the molecule is CCc1ccc2nc(C(C)C)c(C)c(C(=O)O)c2c1. The second-order valence-electron chi connectivity index (χ2n) is 5.16. The molecule has 0 fully saturated rings. The van der Waals surface area contributed by atoms with E-state index in [0.29, 0.717) is 5.56 Å². The third-order valence-corrected chi connectivity index (χ3v) is 3.50. The molecular formula is C16H19NO2. The summed E-state index contributed by atoms with van der Waals surface area (Å²) in [4.78, 5) is 16.2. The lowest BCUT2D eigenvalue weighted by molar-refractivity contribution is 0.0698. The molecule has 1 N–H and O–H groups in total. The van der Waals surface area contributed by atoms with E-state index in [1.54, 1.807) is 0 Å². The number of benzene rings is 1. The fourth-order valence-corrected chi connectivity index (χ4v) is 2.48. The normalized spacial score (nSPS) is 11.2. The molecule has 0 atom stereocenters. The number of carboxylic acid groups (broad SMARTS) is 1. The fourth-order valence-electron chi connectivity index (χ4n) is 2.48. The molecule has 0 saturated heterocycles. The van der Waals surface area contributed by atoms with E-state index in [0.717, 1.165) is 34.1 Å². The smallest absolute Gasteiger partial charge is 0.336 e. The molecule has 2 aromatic rings. The van der Waals surface area contributed by atoms with Crippen LogP contribution in [-0.4, -0.2) is 16.1 Å². The Morgan fingerprint density at radius 1 is 1.37 bits per heavy atom. The van der Waals surface area contributed by atoms with Crippen molar-refractivity contribution in [2.75, 3.05) is 0 Å². The number of hydrogen-bond acceptors (Lipinski definition) is 2. The van der Waals surface area contributed by atoms with Gasteiger partial charge in [0, 0.05) is 11.1 Å². The van der Waals surface area contributed by atoms with Crippen molar-refractivity contribution in [1.29, 1.82) is 0 Å². The van der Waals surface area contributed by atoms with Crippen LogP contribution in [0.4, 0.5) is 0 Å². The first-order valence-electron chi connectivity index (χ1n) is 6.62. The Hall–Kier alpha value is -1.90. The van der Waals surface area contributed by atoms with E-state index in [1.165, 1.54) is 0 Å². The first-order chi connectivity index (χ1) is 8.95. The maximum absolute atomic E-state index is 11.6. The highest BCUT2D eigenvalue weighted by molar-refractivity contribution is 6.04. The van der Waals surface area contributed by atoms with Gasteiger partial charge >= 0.3 is 5.97 Å². The van der Waals surface area contributed by atoms with Gasteiger partial charge in [-0.25, -0.2) is 4.79 Å². The molecule has 0 aliphatic heterocycles. The molecule has 1 aromatic carbocycles. The zero-order valence-corrected chi connectivity index (χ0v) is 11.8. The Balaban J connectivity index is 2.88. The minimum absolute atomic E-state index is 0.216. The van der Waals surface area contributed by atoms with Crippen LogP contribution in [-0.2, 0) is 6.42 Å². The van der Waals surface area contributed by atoms with Gasteiger partial charge in [-0.3, -0.25) is 4.98 Å². The molecule has 0 amide bonds. The average molecular weight is 257 g/mol. The second kappa shape index (κ2) is 5.00. The van der Waals surface area contributed by atoms with Crippen LogP contribution in [0.5, 0.6) is 0 Å². The predicted molar refractivity (Wildman–Crippen MR) is 76.9 cm³/mol. The Kier molecular flexibility index (Phi) is 3.56. The molecule has 19 heavy (non-hydrogen) atoms. The van der Waals surface area contributed by atoms with E-state index in [2.05, 4.69) is 11.9 Å². The molecule has 3 heteroatoms. The lowest BCUT2D eigenvalue weighted by Gasteiger charge is -2.14. The average Bonchev–Trinajstić information content (AvgIpc) is 2.36. The van der Waals surface area contributed by atoms with Gasteiger partial charge in [-0.05, 0) is 42.5 Å². The standard InChI is InChI=1S/C16H19NO2/c1-5-11-6-7-13-12(8-11)14(16(18)19)10(4)15(17-13)9(2)3/h6-9H,5H2,1-4H3,(H,18,19). The lowest BCUT2D eigenvalue weighted by atomic mass is 9.95. The van der Waals surface area contributed by atoms with Crippen molar-refractivity contribution in [3.63, 3.8) is 0 Å². The molecule has 0 aliphatic carbocycles. The third kappa shape index (κ3) is 2.33. The van der Waals surface area contributed by atoms with Crippen LogP contribution >= 0.6 is 0 Å². The summed E-state index contributed by atoms with van der Waals surface area (Å²) in [5.41, 5.74) is 3.94. The number of pyridine rings is 1. The summed E-state index contributed by atoms with van der Waals surface area (Å²) < 4.78 is 0. The number of aromatic nitrogens is 1. The topological polar surface area (TPSA) is 50.2 Å². The molecule has 0 saturated carbocycles. The van der Waals surface area contributed by atoms with E-state index in [1.807, 2.05) is 39.0 Å². The van der Waals surface area contributed by atoms with Crippen LogP contribution in [0.15, 0.2) is 18.2 Å². The van der Waals surface area contributed by atoms with E-state index < -0.39 is 5.97 Å². The van der Waals surface area contributed by atoms with E-state index in [4.69, 9.17) is 0 Å². The van der Waals surface area contributed by atoms with Crippen molar-refractivity contribution in [2.24, 2.45) is 0 Å². The van der Waals surface area contributed by atoms with Gasteiger partial charge in [0.05, 0.1) is 11.1 Å². The van der Waals surface area contributed by atoms with Crippen LogP contribution in [0.1, 0.15) is 53.9 Å². The van der Waals surface area contributed by atoms with Gasteiger partial charge in [0.15, 0.2) is 0 Å². The molecule has 0 aliphatic rings. The van der Waals surface area contributed by atoms with Crippen LogP contribution in [0.3, 0.4) is 0 Å². The van der Waals surface area contributed by atoms with Crippen molar-refractivity contribution in [2.45, 2.75) is 40.0 Å². The number of aryl methyl sites for hydroxylation is 1. The highest BCUT2D eigenvalue weighted by Crippen LogP contribution is 2.28. The molecule has 0 radical (unpaired) electrons. The summed E-state index contributed by atoms with van der Waals surface area (Å²) in [6.45, 7) is 7.98. The van der Waals surface area contributed by atoms with Crippen molar-refractivity contribution in [3.05, 3.63) is 40.6 Å². The second-order valence-corrected chi connectivity index (χ2v) is 5.16. The zero-order chi connectivity index (χ0) is 14.2. The molecule has 2 rings (SSSR count). The maximum Gasteiger partial charge on any atom is 0.336 e. The Bertz CT molecular complexity index is 645. The molecular weight excluding hydrogens is 238 g/mol. The van der Waals surface area contributed by atoms with Crippen molar-refractivity contribution in [1.82, 2.24) is 4.98 Å². The Morgan fingerprint density at radius 3 is 2.58 bits per heavy atom. The van der Waals surface area contributed by atoms with Crippen LogP contribution in [0.2, 0.25) is 0 Å². The van der Waals surface area contributed by atoms with E-state index >= 15 is 0 Å². The summed E-state index contributed by atoms with van der Waals surface area (Å²) in [6.07, 6.45) is 0.889. The number of carbonyl (C=O) groups is 1. The molecule has 0 unspecified atom stereocenters. The number of carboxylic acids is 1. The predicted octanol–water partition coefficient (Wildman–Crippen LogP) is 3.93. The number of fused-ring (bicyclic) bond motifs is 1. The van der Waals surface area contributed by atoms with Gasteiger partial charge in [-0.2, -0.15) is 0 Å². The molecule has 3 nitrogen and oxygen atoms in total. The quantitative estimate of drug-likeness (QED) is 0.906. The number of nitrogens with zero attached hydrogens (tertiary/aromatic N) is 1. The first-order valence-corrected chi connectivity index (χ1v) is 6.62.